The first-order chi connectivity index (χ1) is 11.2. The fraction of sp³-hybridized carbons (Fsp3) is 0.222. The van der Waals surface area contributed by atoms with Crippen molar-refractivity contribution in [1.82, 2.24) is 10.4 Å². The zero-order valence-electron chi connectivity index (χ0n) is 12.9. The molecule has 2 aromatic rings. The summed E-state index contributed by atoms with van der Waals surface area (Å²) in [5.41, 5.74) is 7.15. The van der Waals surface area contributed by atoms with Crippen molar-refractivity contribution in [3.63, 3.8) is 0 Å². The second kappa shape index (κ2) is 6.86. The molecular formula is C18H18N4S. The van der Waals surface area contributed by atoms with Crippen LogP contribution in [0.5, 0.6) is 0 Å². The third-order valence-corrected chi connectivity index (χ3v) is 4.99. The van der Waals surface area contributed by atoms with E-state index in [1.54, 1.807) is 11.8 Å². The first kappa shape index (κ1) is 15.6. The lowest BCUT2D eigenvalue weighted by molar-refractivity contribution is 0.304. The Bertz CT molecular complexity index is 748. The number of amidine groups is 1. The molecule has 3 rings (SSSR count). The molecule has 5 heteroatoms. The number of hydrogen-bond acceptors (Lipinski definition) is 4. The van der Waals surface area contributed by atoms with E-state index in [-0.39, 0.29) is 0 Å². The molecule has 0 bridgehead atoms. The number of thioether (sulfide) groups is 1. The summed E-state index contributed by atoms with van der Waals surface area (Å²) in [5, 5.41) is 20.0. The highest BCUT2D eigenvalue weighted by atomic mass is 32.2. The molecule has 0 aromatic heterocycles. The SMILES string of the molecule is CCC1NN(Cc2ccc(-c3ccccc3C#N)cc2)C(=N)S1. The summed E-state index contributed by atoms with van der Waals surface area (Å²) >= 11 is 1.56. The van der Waals surface area contributed by atoms with Gasteiger partial charge >= 0.3 is 0 Å². The third kappa shape index (κ3) is 3.39. The molecule has 1 unspecified atom stereocenters. The molecule has 1 heterocycles. The minimum atomic E-state index is 0.296. The molecule has 1 aliphatic rings. The lowest BCUT2D eigenvalue weighted by Gasteiger charge is -2.18. The molecule has 1 saturated heterocycles. The summed E-state index contributed by atoms with van der Waals surface area (Å²) in [7, 11) is 0. The van der Waals surface area contributed by atoms with Crippen LogP contribution in [0, 0.1) is 16.7 Å². The van der Waals surface area contributed by atoms with Gasteiger partial charge in [-0.15, -0.1) is 0 Å². The van der Waals surface area contributed by atoms with Gasteiger partial charge < -0.3 is 0 Å². The van der Waals surface area contributed by atoms with Gasteiger partial charge in [-0.1, -0.05) is 61.2 Å². The second-order valence-electron chi connectivity index (χ2n) is 5.39. The van der Waals surface area contributed by atoms with Crippen molar-refractivity contribution >= 4 is 16.9 Å². The topological polar surface area (TPSA) is 62.9 Å². The van der Waals surface area contributed by atoms with Gasteiger partial charge in [0.15, 0.2) is 5.17 Å². The molecule has 0 aliphatic carbocycles. The van der Waals surface area contributed by atoms with Crippen LogP contribution in [0.1, 0.15) is 24.5 Å². The summed E-state index contributed by atoms with van der Waals surface area (Å²) < 4.78 is 0. The lowest BCUT2D eigenvalue weighted by Crippen LogP contribution is -2.36. The summed E-state index contributed by atoms with van der Waals surface area (Å²) in [6, 6.07) is 18.1. The standard InChI is InChI=1S/C18H18N4S/c1-2-17-21-22(18(20)23-17)12-13-7-9-14(10-8-13)16-6-4-3-5-15(16)11-19/h3-10,17,20-21H,2,12H2,1H3. The number of nitrogens with one attached hydrogen (secondary N) is 2. The number of benzene rings is 2. The second-order valence-corrected chi connectivity index (χ2v) is 6.58. The predicted molar refractivity (Wildman–Crippen MR) is 94.7 cm³/mol. The van der Waals surface area contributed by atoms with Crippen LogP contribution in [0.25, 0.3) is 11.1 Å². The van der Waals surface area contributed by atoms with Crippen molar-refractivity contribution < 1.29 is 0 Å². The molecule has 1 fully saturated rings. The Morgan fingerprint density at radius 3 is 2.61 bits per heavy atom. The minimum absolute atomic E-state index is 0.296. The van der Waals surface area contributed by atoms with Gasteiger partial charge in [0.2, 0.25) is 0 Å². The van der Waals surface area contributed by atoms with Crippen LogP contribution in [0.2, 0.25) is 0 Å². The van der Waals surface area contributed by atoms with Crippen LogP contribution in [-0.4, -0.2) is 15.6 Å². The Labute approximate surface area is 140 Å². The molecule has 116 valence electrons. The van der Waals surface area contributed by atoms with Crippen LogP contribution in [0.15, 0.2) is 48.5 Å². The van der Waals surface area contributed by atoms with Gasteiger partial charge in [0.25, 0.3) is 0 Å². The van der Waals surface area contributed by atoms with Crippen LogP contribution in [-0.2, 0) is 6.54 Å². The van der Waals surface area contributed by atoms with Crippen LogP contribution in [0.4, 0.5) is 0 Å². The Hall–Kier alpha value is -2.29. The van der Waals surface area contributed by atoms with Crippen molar-refractivity contribution in [2.75, 3.05) is 0 Å². The summed E-state index contributed by atoms with van der Waals surface area (Å²) in [4.78, 5) is 0. The molecule has 0 saturated carbocycles. The molecule has 0 amide bonds. The fourth-order valence-electron chi connectivity index (χ4n) is 2.55. The van der Waals surface area contributed by atoms with Gasteiger partial charge in [0, 0.05) is 0 Å². The van der Waals surface area contributed by atoms with Gasteiger partial charge in [0.05, 0.1) is 23.6 Å². The molecule has 2 aromatic carbocycles. The number of hydrazine groups is 1. The molecule has 4 nitrogen and oxygen atoms in total. The van der Waals surface area contributed by atoms with E-state index in [1.807, 2.05) is 41.4 Å². The molecule has 1 atom stereocenters. The summed E-state index contributed by atoms with van der Waals surface area (Å²) in [6.45, 7) is 2.78. The molecule has 0 spiro atoms. The Morgan fingerprint density at radius 2 is 1.96 bits per heavy atom. The molecular weight excluding hydrogens is 304 g/mol. The molecule has 0 radical (unpaired) electrons. The maximum absolute atomic E-state index is 9.21. The average molecular weight is 322 g/mol. The van der Waals surface area contributed by atoms with Crippen molar-refractivity contribution in [3.05, 3.63) is 59.7 Å². The van der Waals surface area contributed by atoms with Gasteiger partial charge in [-0.3, -0.25) is 10.4 Å². The van der Waals surface area contributed by atoms with E-state index in [0.29, 0.717) is 22.6 Å². The smallest absolute Gasteiger partial charge is 0.172 e. The van der Waals surface area contributed by atoms with Crippen LogP contribution in [0.3, 0.4) is 0 Å². The highest BCUT2D eigenvalue weighted by Crippen LogP contribution is 2.26. The van der Waals surface area contributed by atoms with Crippen molar-refractivity contribution in [2.24, 2.45) is 0 Å². The average Bonchev–Trinajstić information content (AvgIpc) is 2.95. The predicted octanol–water partition coefficient (Wildman–Crippen LogP) is 3.95. The molecule has 23 heavy (non-hydrogen) atoms. The monoisotopic (exact) mass is 322 g/mol. The summed E-state index contributed by atoms with van der Waals surface area (Å²) in [5.74, 6) is 0. The Kier molecular flexibility index (Phi) is 4.65. The van der Waals surface area contributed by atoms with E-state index >= 15 is 0 Å². The number of nitriles is 1. The number of hydrogen-bond donors (Lipinski definition) is 2. The van der Waals surface area contributed by atoms with Gasteiger partial charge in [-0.05, 0) is 29.2 Å². The van der Waals surface area contributed by atoms with Crippen LogP contribution < -0.4 is 5.43 Å². The van der Waals surface area contributed by atoms with Gasteiger partial charge in [-0.2, -0.15) is 5.26 Å². The van der Waals surface area contributed by atoms with Crippen LogP contribution >= 0.6 is 11.8 Å². The zero-order valence-corrected chi connectivity index (χ0v) is 13.7. The Balaban J connectivity index is 1.75. The quantitative estimate of drug-likeness (QED) is 0.894. The minimum Gasteiger partial charge on any atom is -0.282 e. The lowest BCUT2D eigenvalue weighted by atomic mass is 9.99. The maximum atomic E-state index is 9.21. The largest absolute Gasteiger partial charge is 0.282 e. The van der Waals surface area contributed by atoms with E-state index in [1.165, 1.54) is 0 Å². The highest BCUT2D eigenvalue weighted by Gasteiger charge is 2.25. The fourth-order valence-corrected chi connectivity index (χ4v) is 3.41. The molecule has 2 N–H and O–H groups in total. The molecule has 1 aliphatic heterocycles. The number of nitrogens with zero attached hydrogens (tertiary/aromatic N) is 2. The summed E-state index contributed by atoms with van der Waals surface area (Å²) in [6.07, 6.45) is 0.993. The number of rotatable bonds is 4. The van der Waals surface area contributed by atoms with E-state index in [0.717, 1.165) is 23.1 Å². The van der Waals surface area contributed by atoms with E-state index in [9.17, 15) is 5.26 Å². The van der Waals surface area contributed by atoms with Gasteiger partial charge in [0.1, 0.15) is 0 Å². The highest BCUT2D eigenvalue weighted by molar-refractivity contribution is 8.14. The maximum Gasteiger partial charge on any atom is 0.172 e. The normalized spacial score (nSPS) is 17.3. The first-order valence-corrected chi connectivity index (χ1v) is 8.46. The van der Waals surface area contributed by atoms with Crippen molar-refractivity contribution in [2.45, 2.75) is 25.3 Å². The van der Waals surface area contributed by atoms with Crippen molar-refractivity contribution in [1.29, 1.82) is 10.7 Å². The van der Waals surface area contributed by atoms with E-state index < -0.39 is 0 Å². The van der Waals surface area contributed by atoms with E-state index in [2.05, 4.69) is 30.6 Å². The third-order valence-electron chi connectivity index (χ3n) is 3.82. The van der Waals surface area contributed by atoms with Gasteiger partial charge in [-0.25, -0.2) is 5.43 Å². The van der Waals surface area contributed by atoms with Crippen molar-refractivity contribution in [3.8, 4) is 17.2 Å². The first-order valence-electron chi connectivity index (χ1n) is 7.58. The Morgan fingerprint density at radius 1 is 1.22 bits per heavy atom. The zero-order chi connectivity index (χ0) is 16.2. The van der Waals surface area contributed by atoms with E-state index in [4.69, 9.17) is 5.41 Å².